The standard InChI is InChI=1S/C14H10BrF2NO2/c15-9-4-1-2-7-12(9)20-8-13(19)18-14-10(16)5-3-6-11(14)17/h1-7H,8H2,(H,18,19). The summed E-state index contributed by atoms with van der Waals surface area (Å²) in [6.07, 6.45) is 0. The number of hydrogen-bond donors (Lipinski definition) is 1. The van der Waals surface area contributed by atoms with Gasteiger partial charge in [-0.1, -0.05) is 18.2 Å². The molecule has 1 amide bonds. The van der Waals surface area contributed by atoms with E-state index in [2.05, 4.69) is 21.2 Å². The van der Waals surface area contributed by atoms with E-state index < -0.39 is 23.2 Å². The summed E-state index contributed by atoms with van der Waals surface area (Å²) in [7, 11) is 0. The lowest BCUT2D eigenvalue weighted by molar-refractivity contribution is -0.118. The van der Waals surface area contributed by atoms with E-state index in [0.29, 0.717) is 10.2 Å². The van der Waals surface area contributed by atoms with E-state index in [-0.39, 0.29) is 6.61 Å². The number of anilines is 1. The number of benzene rings is 2. The second kappa shape index (κ2) is 6.47. The molecular weight excluding hydrogens is 332 g/mol. The van der Waals surface area contributed by atoms with Crippen LogP contribution in [0.15, 0.2) is 46.9 Å². The second-order valence-corrected chi connectivity index (χ2v) is 4.72. The molecule has 2 aromatic rings. The van der Waals surface area contributed by atoms with Crippen LogP contribution in [-0.2, 0) is 4.79 Å². The number of amides is 1. The zero-order valence-corrected chi connectivity index (χ0v) is 11.8. The lowest BCUT2D eigenvalue weighted by Gasteiger charge is -2.09. The van der Waals surface area contributed by atoms with Crippen molar-refractivity contribution in [1.82, 2.24) is 0 Å². The summed E-state index contributed by atoms with van der Waals surface area (Å²) in [5.74, 6) is -1.85. The molecule has 2 aromatic carbocycles. The normalized spacial score (nSPS) is 10.2. The highest BCUT2D eigenvalue weighted by Crippen LogP contribution is 2.24. The van der Waals surface area contributed by atoms with Crippen LogP contribution >= 0.6 is 15.9 Å². The predicted molar refractivity (Wildman–Crippen MR) is 74.6 cm³/mol. The Hall–Kier alpha value is -1.95. The Bertz CT molecular complexity index is 614. The number of carbonyl (C=O) groups excluding carboxylic acids is 1. The fourth-order valence-electron chi connectivity index (χ4n) is 1.50. The maximum absolute atomic E-state index is 13.3. The first-order valence-corrected chi connectivity index (χ1v) is 6.48. The molecular formula is C14H10BrF2NO2. The molecule has 0 aromatic heterocycles. The summed E-state index contributed by atoms with van der Waals surface area (Å²) < 4.78 is 32.6. The average molecular weight is 342 g/mol. The molecule has 0 aliphatic heterocycles. The minimum absolute atomic E-state index is 0.351. The van der Waals surface area contributed by atoms with Crippen LogP contribution in [0.4, 0.5) is 14.5 Å². The molecule has 0 saturated heterocycles. The summed E-state index contributed by atoms with van der Waals surface area (Å²) in [6, 6.07) is 10.3. The molecule has 0 unspecified atom stereocenters. The first-order valence-electron chi connectivity index (χ1n) is 5.69. The number of carbonyl (C=O) groups is 1. The molecule has 0 bridgehead atoms. The number of ether oxygens (including phenoxy) is 1. The minimum Gasteiger partial charge on any atom is -0.483 e. The highest BCUT2D eigenvalue weighted by molar-refractivity contribution is 9.10. The molecule has 6 heteroatoms. The van der Waals surface area contributed by atoms with Crippen molar-refractivity contribution in [1.29, 1.82) is 0 Å². The molecule has 3 nitrogen and oxygen atoms in total. The van der Waals surface area contributed by atoms with Crippen LogP contribution in [0.5, 0.6) is 5.75 Å². The Kier molecular flexibility index (Phi) is 4.68. The molecule has 0 saturated carbocycles. The monoisotopic (exact) mass is 341 g/mol. The Labute approximate surface area is 122 Å². The largest absolute Gasteiger partial charge is 0.483 e. The van der Waals surface area contributed by atoms with Crippen LogP contribution in [0, 0.1) is 11.6 Å². The summed E-state index contributed by atoms with van der Waals surface area (Å²) in [4.78, 5) is 11.6. The molecule has 0 heterocycles. The van der Waals surface area contributed by atoms with Crippen LogP contribution in [0.25, 0.3) is 0 Å². The Morgan fingerprint density at radius 2 is 1.75 bits per heavy atom. The van der Waals surface area contributed by atoms with Gasteiger partial charge in [-0.05, 0) is 40.2 Å². The lowest BCUT2D eigenvalue weighted by Crippen LogP contribution is -2.21. The van der Waals surface area contributed by atoms with Crippen LogP contribution in [0.1, 0.15) is 0 Å². The van der Waals surface area contributed by atoms with E-state index in [1.165, 1.54) is 6.07 Å². The van der Waals surface area contributed by atoms with Crippen molar-refractivity contribution in [2.75, 3.05) is 11.9 Å². The predicted octanol–water partition coefficient (Wildman–Crippen LogP) is 3.74. The van der Waals surface area contributed by atoms with Crippen LogP contribution in [-0.4, -0.2) is 12.5 Å². The molecule has 20 heavy (non-hydrogen) atoms. The van der Waals surface area contributed by atoms with Crippen LogP contribution in [0.3, 0.4) is 0 Å². The third-order valence-electron chi connectivity index (χ3n) is 2.42. The summed E-state index contributed by atoms with van der Waals surface area (Å²) in [6.45, 7) is -0.351. The van der Waals surface area contributed by atoms with Gasteiger partial charge < -0.3 is 10.1 Å². The van der Waals surface area contributed by atoms with Gasteiger partial charge in [0.1, 0.15) is 23.1 Å². The molecule has 0 spiro atoms. The highest BCUT2D eigenvalue weighted by Gasteiger charge is 2.12. The first kappa shape index (κ1) is 14.5. The van der Waals surface area contributed by atoms with Crippen molar-refractivity contribution in [3.8, 4) is 5.75 Å². The zero-order chi connectivity index (χ0) is 14.5. The van der Waals surface area contributed by atoms with E-state index in [4.69, 9.17) is 4.74 Å². The lowest BCUT2D eigenvalue weighted by atomic mass is 10.3. The average Bonchev–Trinajstić information content (AvgIpc) is 2.42. The van der Waals surface area contributed by atoms with Crippen molar-refractivity contribution in [2.45, 2.75) is 0 Å². The van der Waals surface area contributed by atoms with Gasteiger partial charge in [0.25, 0.3) is 5.91 Å². The third kappa shape index (κ3) is 3.54. The van der Waals surface area contributed by atoms with Gasteiger partial charge in [-0.3, -0.25) is 4.79 Å². The quantitative estimate of drug-likeness (QED) is 0.919. The fraction of sp³-hybridized carbons (Fsp3) is 0.0714. The van der Waals surface area contributed by atoms with E-state index in [1.807, 2.05) is 0 Å². The van der Waals surface area contributed by atoms with E-state index in [1.54, 1.807) is 24.3 Å². The summed E-state index contributed by atoms with van der Waals surface area (Å²) >= 11 is 3.26. The number of rotatable bonds is 4. The Morgan fingerprint density at radius 3 is 2.40 bits per heavy atom. The van der Waals surface area contributed by atoms with Gasteiger partial charge in [-0.15, -0.1) is 0 Å². The molecule has 0 radical (unpaired) electrons. The minimum atomic E-state index is -0.834. The third-order valence-corrected chi connectivity index (χ3v) is 3.08. The fourth-order valence-corrected chi connectivity index (χ4v) is 1.90. The number of halogens is 3. The zero-order valence-electron chi connectivity index (χ0n) is 10.2. The van der Waals surface area contributed by atoms with E-state index in [9.17, 15) is 13.6 Å². The molecule has 0 aliphatic carbocycles. The SMILES string of the molecule is O=C(COc1ccccc1Br)Nc1c(F)cccc1F. The topological polar surface area (TPSA) is 38.3 Å². The molecule has 0 fully saturated rings. The van der Waals surface area contributed by atoms with E-state index in [0.717, 1.165) is 12.1 Å². The maximum atomic E-state index is 13.3. The Balaban J connectivity index is 1.98. The van der Waals surface area contributed by atoms with Crippen molar-refractivity contribution < 1.29 is 18.3 Å². The van der Waals surface area contributed by atoms with Gasteiger partial charge in [0.2, 0.25) is 0 Å². The van der Waals surface area contributed by atoms with Crippen molar-refractivity contribution >= 4 is 27.5 Å². The smallest absolute Gasteiger partial charge is 0.262 e. The number of nitrogens with one attached hydrogen (secondary N) is 1. The molecule has 104 valence electrons. The molecule has 1 N–H and O–H groups in total. The maximum Gasteiger partial charge on any atom is 0.262 e. The number of para-hydroxylation sites is 2. The second-order valence-electron chi connectivity index (χ2n) is 3.86. The molecule has 2 rings (SSSR count). The van der Waals surface area contributed by atoms with E-state index >= 15 is 0 Å². The summed E-state index contributed by atoms with van der Waals surface area (Å²) in [5.41, 5.74) is -0.478. The highest BCUT2D eigenvalue weighted by atomic mass is 79.9. The van der Waals surface area contributed by atoms with Crippen molar-refractivity contribution in [2.24, 2.45) is 0 Å². The first-order chi connectivity index (χ1) is 9.58. The van der Waals surface area contributed by atoms with Gasteiger partial charge in [0.15, 0.2) is 6.61 Å². The van der Waals surface area contributed by atoms with Crippen LogP contribution < -0.4 is 10.1 Å². The van der Waals surface area contributed by atoms with Gasteiger partial charge in [-0.25, -0.2) is 8.78 Å². The molecule has 0 atom stereocenters. The summed E-state index contributed by atoms with van der Waals surface area (Å²) in [5, 5.41) is 2.14. The number of hydrogen-bond acceptors (Lipinski definition) is 2. The van der Waals surface area contributed by atoms with Gasteiger partial charge in [0.05, 0.1) is 4.47 Å². The van der Waals surface area contributed by atoms with Gasteiger partial charge in [0, 0.05) is 0 Å². The van der Waals surface area contributed by atoms with Gasteiger partial charge in [-0.2, -0.15) is 0 Å². The van der Waals surface area contributed by atoms with Gasteiger partial charge >= 0.3 is 0 Å². The van der Waals surface area contributed by atoms with Crippen molar-refractivity contribution in [3.63, 3.8) is 0 Å². The van der Waals surface area contributed by atoms with Crippen LogP contribution in [0.2, 0.25) is 0 Å². The molecule has 0 aliphatic rings. The Morgan fingerprint density at radius 1 is 1.10 bits per heavy atom. The van der Waals surface area contributed by atoms with Crippen molar-refractivity contribution in [3.05, 3.63) is 58.6 Å².